The van der Waals surface area contributed by atoms with Crippen LogP contribution in [0.5, 0.6) is 5.75 Å². The summed E-state index contributed by atoms with van der Waals surface area (Å²) in [6.07, 6.45) is 0.918. The van der Waals surface area contributed by atoms with Crippen molar-refractivity contribution in [2.45, 2.75) is 19.9 Å². The van der Waals surface area contributed by atoms with Crippen LogP contribution in [0, 0.1) is 5.82 Å². The highest BCUT2D eigenvalue weighted by Gasteiger charge is 2.20. The molecule has 0 radical (unpaired) electrons. The van der Waals surface area contributed by atoms with Crippen LogP contribution in [-0.2, 0) is 17.8 Å². The van der Waals surface area contributed by atoms with Crippen LogP contribution < -0.4 is 10.1 Å². The number of amides is 1. The highest BCUT2D eigenvalue weighted by atomic mass is 32.1. The minimum Gasteiger partial charge on any atom is -0.484 e. The molecule has 1 aromatic carbocycles. The Bertz CT molecular complexity index is 687. The van der Waals surface area contributed by atoms with Crippen LogP contribution in [0.3, 0.4) is 0 Å². The van der Waals surface area contributed by atoms with Crippen LogP contribution in [0.25, 0.3) is 0 Å². The number of hydrogen-bond donors (Lipinski definition) is 1. The molecule has 23 heavy (non-hydrogen) atoms. The monoisotopic (exact) mass is 335 g/mol. The van der Waals surface area contributed by atoms with Crippen LogP contribution in [0.2, 0.25) is 0 Å². The summed E-state index contributed by atoms with van der Waals surface area (Å²) >= 11 is 1.52. The average molecular weight is 335 g/mol. The summed E-state index contributed by atoms with van der Waals surface area (Å²) in [7, 11) is 0. The molecule has 5 nitrogen and oxygen atoms in total. The van der Waals surface area contributed by atoms with E-state index in [0.29, 0.717) is 10.9 Å². The standard InChI is InChI=1S/C16H18FN3O2S/c1-2-20-8-7-13-14(9-20)23-16(18-13)19-15(21)10-22-12-5-3-11(17)4-6-12/h3-6H,2,7-10H2,1H3,(H,18,19,21). The molecule has 1 aromatic heterocycles. The number of ether oxygens (including phenoxy) is 1. The van der Waals surface area contributed by atoms with Crippen LogP contribution in [0.1, 0.15) is 17.5 Å². The number of nitrogens with zero attached hydrogens (tertiary/aromatic N) is 2. The number of nitrogens with one attached hydrogen (secondary N) is 1. The molecule has 0 saturated heterocycles. The molecule has 122 valence electrons. The zero-order valence-electron chi connectivity index (χ0n) is 12.8. The molecule has 3 rings (SSSR count). The van der Waals surface area contributed by atoms with Gasteiger partial charge in [-0.3, -0.25) is 15.0 Å². The Labute approximate surface area is 138 Å². The quantitative estimate of drug-likeness (QED) is 0.913. The second-order valence-electron chi connectivity index (χ2n) is 5.30. The van der Waals surface area contributed by atoms with Crippen LogP contribution in [-0.4, -0.2) is 35.5 Å². The van der Waals surface area contributed by atoms with Crippen molar-refractivity contribution in [1.29, 1.82) is 0 Å². The number of hydrogen-bond acceptors (Lipinski definition) is 5. The van der Waals surface area contributed by atoms with Crippen LogP contribution >= 0.6 is 11.3 Å². The Morgan fingerprint density at radius 3 is 2.96 bits per heavy atom. The molecule has 7 heteroatoms. The Morgan fingerprint density at radius 1 is 1.43 bits per heavy atom. The van der Waals surface area contributed by atoms with Crippen molar-refractivity contribution in [3.8, 4) is 5.75 Å². The predicted molar refractivity (Wildman–Crippen MR) is 87.3 cm³/mol. The zero-order chi connectivity index (χ0) is 16.2. The molecule has 1 aliphatic rings. The fourth-order valence-electron chi connectivity index (χ4n) is 2.41. The molecule has 0 aliphatic carbocycles. The van der Waals surface area contributed by atoms with Crippen molar-refractivity contribution in [2.24, 2.45) is 0 Å². The lowest BCUT2D eigenvalue weighted by Gasteiger charge is -2.23. The number of halogens is 1. The minimum absolute atomic E-state index is 0.128. The van der Waals surface area contributed by atoms with E-state index in [4.69, 9.17) is 4.74 Å². The first-order valence-electron chi connectivity index (χ1n) is 7.53. The normalized spacial score (nSPS) is 14.3. The number of likely N-dealkylation sites (N-methyl/N-ethyl adjacent to an activating group) is 1. The first-order chi connectivity index (χ1) is 11.1. The fourth-order valence-corrected chi connectivity index (χ4v) is 3.47. The van der Waals surface area contributed by atoms with E-state index in [1.807, 2.05) is 0 Å². The zero-order valence-corrected chi connectivity index (χ0v) is 13.7. The number of aromatic nitrogens is 1. The number of thiazole rings is 1. The largest absolute Gasteiger partial charge is 0.484 e. The summed E-state index contributed by atoms with van der Waals surface area (Å²) in [5, 5.41) is 3.38. The number of carbonyl (C=O) groups excluding carboxylic acids is 1. The number of rotatable bonds is 5. The highest BCUT2D eigenvalue weighted by molar-refractivity contribution is 7.15. The van der Waals surface area contributed by atoms with Gasteiger partial charge >= 0.3 is 0 Å². The second-order valence-corrected chi connectivity index (χ2v) is 6.38. The van der Waals surface area contributed by atoms with E-state index in [-0.39, 0.29) is 18.3 Å². The number of fused-ring (bicyclic) bond motifs is 1. The Kier molecular flexibility index (Phi) is 4.88. The number of carbonyl (C=O) groups is 1. The summed E-state index contributed by atoms with van der Waals surface area (Å²) in [5.74, 6) is -0.150. The molecule has 1 aliphatic heterocycles. The molecule has 0 fully saturated rings. The van der Waals surface area contributed by atoms with Gasteiger partial charge in [0.25, 0.3) is 5.91 Å². The maximum atomic E-state index is 12.8. The lowest BCUT2D eigenvalue weighted by atomic mass is 10.2. The van der Waals surface area contributed by atoms with Crippen molar-refractivity contribution in [3.63, 3.8) is 0 Å². The van der Waals surface area contributed by atoms with Gasteiger partial charge in [-0.1, -0.05) is 6.92 Å². The van der Waals surface area contributed by atoms with Gasteiger partial charge in [-0.05, 0) is 30.8 Å². The van der Waals surface area contributed by atoms with Gasteiger partial charge < -0.3 is 4.74 Å². The molecule has 2 heterocycles. The molecule has 0 bridgehead atoms. The Hall–Kier alpha value is -1.99. The van der Waals surface area contributed by atoms with Crippen LogP contribution in [0.4, 0.5) is 9.52 Å². The predicted octanol–water partition coefficient (Wildman–Crippen LogP) is 2.68. The SMILES string of the molecule is CCN1CCc2nc(NC(=O)COc3ccc(F)cc3)sc2C1. The van der Waals surface area contributed by atoms with Crippen molar-refractivity contribution in [1.82, 2.24) is 9.88 Å². The molecule has 0 spiro atoms. The fraction of sp³-hybridized carbons (Fsp3) is 0.375. The van der Waals surface area contributed by atoms with Gasteiger partial charge in [-0.15, -0.1) is 11.3 Å². The second kappa shape index (κ2) is 7.06. The van der Waals surface area contributed by atoms with Gasteiger partial charge in [-0.2, -0.15) is 0 Å². The number of benzene rings is 1. The first-order valence-corrected chi connectivity index (χ1v) is 8.35. The van der Waals surface area contributed by atoms with Crippen molar-refractivity contribution in [2.75, 3.05) is 25.0 Å². The highest BCUT2D eigenvalue weighted by Crippen LogP contribution is 2.28. The Morgan fingerprint density at radius 2 is 2.22 bits per heavy atom. The van der Waals surface area contributed by atoms with Crippen molar-refractivity contribution in [3.05, 3.63) is 40.7 Å². The maximum Gasteiger partial charge on any atom is 0.264 e. The molecular formula is C16H18FN3O2S. The molecule has 2 aromatic rings. The molecule has 0 atom stereocenters. The summed E-state index contributed by atoms with van der Waals surface area (Å²) in [4.78, 5) is 20.0. The maximum absolute atomic E-state index is 12.8. The molecule has 0 unspecified atom stereocenters. The van der Waals surface area contributed by atoms with E-state index in [2.05, 4.69) is 22.1 Å². The average Bonchev–Trinajstić information content (AvgIpc) is 2.95. The summed E-state index contributed by atoms with van der Waals surface area (Å²) in [6.45, 7) is 4.93. The third kappa shape index (κ3) is 4.05. The molecular weight excluding hydrogens is 317 g/mol. The van der Waals surface area contributed by atoms with Crippen molar-refractivity contribution < 1.29 is 13.9 Å². The topological polar surface area (TPSA) is 54.5 Å². The Balaban J connectivity index is 1.54. The van der Waals surface area contributed by atoms with Gasteiger partial charge in [0.2, 0.25) is 0 Å². The van der Waals surface area contributed by atoms with Gasteiger partial charge in [-0.25, -0.2) is 9.37 Å². The number of anilines is 1. The third-order valence-electron chi connectivity index (χ3n) is 3.69. The van der Waals surface area contributed by atoms with E-state index in [9.17, 15) is 9.18 Å². The molecule has 1 N–H and O–H groups in total. The van der Waals surface area contributed by atoms with Crippen molar-refractivity contribution >= 4 is 22.4 Å². The van der Waals surface area contributed by atoms with Gasteiger partial charge in [0.05, 0.1) is 5.69 Å². The van der Waals surface area contributed by atoms with Crippen LogP contribution in [0.15, 0.2) is 24.3 Å². The van der Waals surface area contributed by atoms with Gasteiger partial charge in [0, 0.05) is 24.4 Å². The van der Waals surface area contributed by atoms with Gasteiger partial charge in [0.1, 0.15) is 11.6 Å². The summed E-state index contributed by atoms with van der Waals surface area (Å²) in [6, 6.07) is 5.57. The lowest BCUT2D eigenvalue weighted by molar-refractivity contribution is -0.118. The lowest BCUT2D eigenvalue weighted by Crippen LogP contribution is -2.29. The van der Waals surface area contributed by atoms with E-state index in [1.165, 1.54) is 40.5 Å². The van der Waals surface area contributed by atoms with E-state index < -0.39 is 0 Å². The van der Waals surface area contributed by atoms with E-state index >= 15 is 0 Å². The summed E-state index contributed by atoms with van der Waals surface area (Å²) < 4.78 is 18.1. The van der Waals surface area contributed by atoms with E-state index in [1.54, 1.807) is 0 Å². The molecule has 1 amide bonds. The smallest absolute Gasteiger partial charge is 0.264 e. The summed E-state index contributed by atoms with van der Waals surface area (Å²) in [5.41, 5.74) is 1.08. The first kappa shape index (κ1) is 15.9. The van der Waals surface area contributed by atoms with Gasteiger partial charge in [0.15, 0.2) is 11.7 Å². The van der Waals surface area contributed by atoms with E-state index in [0.717, 1.165) is 31.7 Å². The molecule has 0 saturated carbocycles. The minimum atomic E-state index is -0.337. The third-order valence-corrected chi connectivity index (χ3v) is 4.69.